The lowest BCUT2D eigenvalue weighted by Gasteiger charge is -2.15. The average Bonchev–Trinajstić information content (AvgIpc) is 3.28. The number of esters is 1. The van der Waals surface area contributed by atoms with Crippen LogP contribution in [0.3, 0.4) is 0 Å². The van der Waals surface area contributed by atoms with Crippen molar-refractivity contribution in [2.24, 2.45) is 4.99 Å². The lowest BCUT2D eigenvalue weighted by molar-refractivity contribution is -0.268. The van der Waals surface area contributed by atoms with Gasteiger partial charge in [0, 0.05) is 21.9 Å². The van der Waals surface area contributed by atoms with E-state index in [-0.39, 0.29) is 23.4 Å². The van der Waals surface area contributed by atoms with Gasteiger partial charge in [0.15, 0.2) is 0 Å². The topological polar surface area (TPSA) is 141 Å². The first-order valence-corrected chi connectivity index (χ1v) is 12.9. The van der Waals surface area contributed by atoms with E-state index in [4.69, 9.17) is 9.84 Å². The van der Waals surface area contributed by atoms with E-state index in [0.717, 1.165) is 46.4 Å². The predicted molar refractivity (Wildman–Crippen MR) is 142 cm³/mol. The van der Waals surface area contributed by atoms with Crippen molar-refractivity contribution in [3.8, 4) is 16.6 Å². The van der Waals surface area contributed by atoms with Crippen LogP contribution in [0, 0.1) is 0 Å². The molecule has 0 fully saturated rings. The number of aromatic nitrogens is 1. The molecule has 2 aromatic carbocycles. The molecule has 4 aromatic rings. The number of ether oxygens (including phenoxy) is 1. The van der Waals surface area contributed by atoms with Gasteiger partial charge in [0.2, 0.25) is 5.88 Å². The number of rotatable bonds is 6. The fourth-order valence-corrected chi connectivity index (χ4v) is 6.08. The minimum absolute atomic E-state index is 0.168. The van der Waals surface area contributed by atoms with Gasteiger partial charge in [-0.05, 0) is 62.4 Å². The predicted octanol–water partition coefficient (Wildman–Crippen LogP) is 4.34. The average molecular weight is 532 g/mol. The molecule has 0 saturated carbocycles. The van der Waals surface area contributed by atoms with E-state index in [0.29, 0.717) is 27.8 Å². The van der Waals surface area contributed by atoms with Crippen LogP contribution in [-0.4, -0.2) is 39.5 Å². The molecular formula is C28H23N2O7S-. The Hall–Kier alpha value is -4.44. The SMILES string of the molecule is CCOC(=O)c1c(-n2c(O)c(C=Nc3ccc(C(=O)O)c([O-])c3)c3ccccc3c2=O)sc2c1CCCC2. The summed E-state index contributed by atoms with van der Waals surface area (Å²) < 4.78 is 6.46. The molecule has 38 heavy (non-hydrogen) atoms. The van der Waals surface area contributed by atoms with Crippen molar-refractivity contribution >= 4 is 45.9 Å². The van der Waals surface area contributed by atoms with E-state index < -0.39 is 29.1 Å². The summed E-state index contributed by atoms with van der Waals surface area (Å²) in [5.74, 6) is -2.99. The molecule has 1 aliphatic rings. The molecule has 2 N–H and O–H groups in total. The van der Waals surface area contributed by atoms with Crippen LogP contribution in [0.2, 0.25) is 0 Å². The summed E-state index contributed by atoms with van der Waals surface area (Å²) in [4.78, 5) is 43.2. The Kier molecular flexibility index (Phi) is 6.73. The Labute approximate surface area is 220 Å². The van der Waals surface area contributed by atoms with Crippen molar-refractivity contribution in [2.45, 2.75) is 32.6 Å². The number of pyridine rings is 1. The molecule has 0 radical (unpaired) electrons. The number of hydrogen-bond acceptors (Lipinski definition) is 8. The zero-order valence-electron chi connectivity index (χ0n) is 20.4. The normalized spacial score (nSPS) is 13.1. The Bertz CT molecular complexity index is 1680. The van der Waals surface area contributed by atoms with E-state index >= 15 is 0 Å². The van der Waals surface area contributed by atoms with Crippen LogP contribution < -0.4 is 10.7 Å². The summed E-state index contributed by atoms with van der Waals surface area (Å²) in [5.41, 5.74) is 0.662. The van der Waals surface area contributed by atoms with Crippen molar-refractivity contribution in [3.05, 3.63) is 79.9 Å². The lowest BCUT2D eigenvalue weighted by Crippen LogP contribution is -2.22. The van der Waals surface area contributed by atoms with Gasteiger partial charge in [0.25, 0.3) is 5.56 Å². The van der Waals surface area contributed by atoms with Gasteiger partial charge in [-0.25, -0.2) is 14.2 Å². The number of aryl methyl sites for hydroxylation is 1. The summed E-state index contributed by atoms with van der Waals surface area (Å²) in [5, 5.41) is 33.7. The lowest BCUT2D eigenvalue weighted by atomic mass is 9.95. The molecule has 2 aromatic heterocycles. The molecule has 10 heteroatoms. The third-order valence-corrected chi connectivity index (χ3v) is 7.75. The minimum Gasteiger partial charge on any atom is -0.872 e. The van der Waals surface area contributed by atoms with Crippen molar-refractivity contribution < 1.29 is 29.6 Å². The van der Waals surface area contributed by atoms with Crippen molar-refractivity contribution in [2.75, 3.05) is 6.61 Å². The minimum atomic E-state index is -1.34. The Balaban J connectivity index is 1.73. The van der Waals surface area contributed by atoms with Gasteiger partial charge in [0.05, 0.1) is 29.0 Å². The quantitative estimate of drug-likeness (QED) is 0.279. The fraction of sp³-hybridized carbons (Fsp3) is 0.214. The second-order valence-electron chi connectivity index (χ2n) is 8.78. The first-order valence-electron chi connectivity index (χ1n) is 12.1. The molecule has 1 aliphatic carbocycles. The molecule has 0 spiro atoms. The number of carbonyl (C=O) groups excluding carboxylic acids is 1. The molecule has 0 bridgehead atoms. The maximum absolute atomic E-state index is 13.7. The van der Waals surface area contributed by atoms with Crippen LogP contribution in [0.1, 0.15) is 56.5 Å². The highest BCUT2D eigenvalue weighted by Gasteiger charge is 2.30. The van der Waals surface area contributed by atoms with Crippen LogP contribution in [0.5, 0.6) is 11.6 Å². The highest BCUT2D eigenvalue weighted by molar-refractivity contribution is 7.15. The molecule has 0 aliphatic heterocycles. The highest BCUT2D eigenvalue weighted by Crippen LogP contribution is 2.39. The number of fused-ring (bicyclic) bond motifs is 2. The van der Waals surface area contributed by atoms with Crippen LogP contribution >= 0.6 is 11.3 Å². The number of carboxylic acid groups (broad SMARTS) is 1. The molecule has 5 rings (SSSR count). The third-order valence-electron chi connectivity index (χ3n) is 6.48. The molecule has 0 unspecified atom stereocenters. The van der Waals surface area contributed by atoms with Crippen molar-refractivity contribution in [1.82, 2.24) is 4.57 Å². The van der Waals surface area contributed by atoms with Gasteiger partial charge in [0.1, 0.15) is 5.00 Å². The number of aromatic hydroxyl groups is 1. The van der Waals surface area contributed by atoms with Crippen molar-refractivity contribution in [1.29, 1.82) is 0 Å². The number of nitrogens with zero attached hydrogens (tertiary/aromatic N) is 2. The van der Waals surface area contributed by atoms with Gasteiger partial charge < -0.3 is 20.1 Å². The Morgan fingerprint density at radius 1 is 1.16 bits per heavy atom. The molecule has 194 valence electrons. The van der Waals surface area contributed by atoms with Gasteiger partial charge in [-0.3, -0.25) is 9.79 Å². The number of aliphatic imine (C=N–C) groups is 1. The number of thiophene rings is 1. The fourth-order valence-electron chi connectivity index (χ4n) is 4.71. The van der Waals surface area contributed by atoms with Crippen molar-refractivity contribution in [3.63, 3.8) is 0 Å². The summed E-state index contributed by atoms with van der Waals surface area (Å²) >= 11 is 1.30. The second-order valence-corrected chi connectivity index (χ2v) is 9.86. The van der Waals surface area contributed by atoms with E-state index in [9.17, 15) is 24.6 Å². The Morgan fingerprint density at radius 2 is 1.89 bits per heavy atom. The van der Waals surface area contributed by atoms with Crippen LogP contribution in [0.25, 0.3) is 15.8 Å². The van der Waals surface area contributed by atoms with E-state index in [1.165, 1.54) is 23.6 Å². The first-order chi connectivity index (χ1) is 18.3. The smallest absolute Gasteiger partial charge is 0.341 e. The number of carboxylic acids is 1. The monoisotopic (exact) mass is 531 g/mol. The molecule has 0 amide bonds. The number of carbonyl (C=O) groups is 2. The van der Waals surface area contributed by atoms with Crippen LogP contribution in [0.4, 0.5) is 5.69 Å². The number of hydrogen-bond donors (Lipinski definition) is 2. The first kappa shape index (κ1) is 25.2. The van der Waals surface area contributed by atoms with Gasteiger partial charge in [-0.2, -0.15) is 0 Å². The number of aromatic carboxylic acids is 1. The molecule has 0 atom stereocenters. The van der Waals surface area contributed by atoms with Gasteiger partial charge in [-0.1, -0.05) is 23.9 Å². The second kappa shape index (κ2) is 10.1. The van der Waals surface area contributed by atoms with Crippen LogP contribution in [-0.2, 0) is 17.6 Å². The molecule has 0 saturated heterocycles. The molecule has 9 nitrogen and oxygen atoms in total. The molecular weight excluding hydrogens is 508 g/mol. The van der Waals surface area contributed by atoms with E-state index in [1.807, 2.05) is 0 Å². The summed E-state index contributed by atoms with van der Waals surface area (Å²) in [6, 6.07) is 10.3. The summed E-state index contributed by atoms with van der Waals surface area (Å²) in [7, 11) is 0. The highest BCUT2D eigenvalue weighted by atomic mass is 32.1. The standard InChI is InChI=1S/C28H24N2O7S/c1-2-37-28(36)23-19-9-5-6-10-22(19)38-26(23)30-24(32)17-8-4-3-7-16(17)20(25(30)33)14-29-15-11-12-18(27(34)35)21(31)13-15/h3-4,7-8,11-14,31,33H,2,5-6,9-10H2,1H3,(H,34,35)/p-1. The van der Waals surface area contributed by atoms with E-state index in [2.05, 4.69) is 4.99 Å². The summed E-state index contributed by atoms with van der Waals surface area (Å²) in [6.45, 7) is 1.88. The zero-order chi connectivity index (χ0) is 27.0. The molecule has 2 heterocycles. The zero-order valence-corrected chi connectivity index (χ0v) is 21.2. The van der Waals surface area contributed by atoms with Gasteiger partial charge in [-0.15, -0.1) is 11.3 Å². The largest absolute Gasteiger partial charge is 0.872 e. The number of benzene rings is 2. The maximum atomic E-state index is 13.7. The van der Waals surface area contributed by atoms with Crippen LogP contribution in [0.15, 0.2) is 52.3 Å². The maximum Gasteiger partial charge on any atom is 0.341 e. The third kappa shape index (κ3) is 4.32. The summed E-state index contributed by atoms with van der Waals surface area (Å²) in [6.07, 6.45) is 4.65. The van der Waals surface area contributed by atoms with E-state index in [1.54, 1.807) is 31.2 Å². The van der Waals surface area contributed by atoms with Gasteiger partial charge >= 0.3 is 11.9 Å². The Morgan fingerprint density at radius 3 is 2.61 bits per heavy atom.